The van der Waals surface area contributed by atoms with Crippen LogP contribution in [0.25, 0.3) is 11.1 Å². The summed E-state index contributed by atoms with van der Waals surface area (Å²) in [5.41, 5.74) is 0.325. The summed E-state index contributed by atoms with van der Waals surface area (Å²) in [5, 5.41) is 9.47. The van der Waals surface area contributed by atoms with Crippen molar-refractivity contribution in [3.63, 3.8) is 0 Å². The smallest absolute Gasteiger partial charge is 0.416 e. The lowest BCUT2D eigenvalue weighted by Gasteiger charge is -2.18. The van der Waals surface area contributed by atoms with Crippen LogP contribution in [-0.4, -0.2) is 12.2 Å². The van der Waals surface area contributed by atoms with Crippen molar-refractivity contribution in [2.75, 3.05) is 7.11 Å². The summed E-state index contributed by atoms with van der Waals surface area (Å²) in [6, 6.07) is 5.72. The van der Waals surface area contributed by atoms with Gasteiger partial charge in [0.25, 0.3) is 0 Å². The highest BCUT2D eigenvalue weighted by Gasteiger charge is 2.31. The van der Waals surface area contributed by atoms with Crippen molar-refractivity contribution in [2.24, 2.45) is 0 Å². The third-order valence-electron chi connectivity index (χ3n) is 3.84. The topological polar surface area (TPSA) is 29.5 Å². The summed E-state index contributed by atoms with van der Waals surface area (Å²) in [7, 11) is 1.32. The Balaban J connectivity index is 2.76. The molecule has 0 saturated heterocycles. The molecule has 2 nitrogen and oxygen atoms in total. The fourth-order valence-corrected chi connectivity index (χ4v) is 2.53. The van der Waals surface area contributed by atoms with Crippen molar-refractivity contribution >= 4 is 0 Å². The minimum absolute atomic E-state index is 0.117. The Morgan fingerprint density at radius 3 is 2.25 bits per heavy atom. The molecule has 0 heterocycles. The third-order valence-corrected chi connectivity index (χ3v) is 3.84. The predicted octanol–water partition coefficient (Wildman–Crippen LogP) is 5.14. The maximum absolute atomic E-state index is 14.1. The van der Waals surface area contributed by atoms with Gasteiger partial charge in [0.15, 0.2) is 0 Å². The molecular formula is C18H18F4O2. The Kier molecular flexibility index (Phi) is 5.18. The SMILES string of the molecule is COc1cc(F)c(C(C)C)cc1-c1cc(C(F)(F)F)ccc1CO. The molecule has 24 heavy (non-hydrogen) atoms. The molecule has 0 aromatic heterocycles. The van der Waals surface area contributed by atoms with Gasteiger partial charge < -0.3 is 9.84 Å². The summed E-state index contributed by atoms with van der Waals surface area (Å²) < 4.78 is 58.3. The molecular weight excluding hydrogens is 324 g/mol. The molecule has 0 aliphatic carbocycles. The molecule has 0 saturated carbocycles. The lowest BCUT2D eigenvalue weighted by Crippen LogP contribution is -2.06. The first-order valence-electron chi connectivity index (χ1n) is 7.37. The van der Waals surface area contributed by atoms with Gasteiger partial charge in [0.05, 0.1) is 19.3 Å². The lowest BCUT2D eigenvalue weighted by atomic mass is 9.92. The normalized spacial score (nSPS) is 11.9. The number of hydrogen-bond acceptors (Lipinski definition) is 2. The molecule has 0 amide bonds. The van der Waals surface area contributed by atoms with Gasteiger partial charge in [-0.15, -0.1) is 0 Å². The van der Waals surface area contributed by atoms with E-state index >= 15 is 0 Å². The summed E-state index contributed by atoms with van der Waals surface area (Å²) in [4.78, 5) is 0. The van der Waals surface area contributed by atoms with Gasteiger partial charge in [0.1, 0.15) is 11.6 Å². The van der Waals surface area contributed by atoms with Gasteiger partial charge in [-0.1, -0.05) is 19.9 Å². The van der Waals surface area contributed by atoms with Gasteiger partial charge in [0, 0.05) is 11.6 Å². The van der Waals surface area contributed by atoms with Gasteiger partial charge in [-0.05, 0) is 40.8 Å². The molecule has 0 aliphatic heterocycles. The second-order valence-electron chi connectivity index (χ2n) is 5.76. The maximum Gasteiger partial charge on any atom is 0.416 e. The summed E-state index contributed by atoms with van der Waals surface area (Å²) >= 11 is 0. The van der Waals surface area contributed by atoms with Crippen LogP contribution >= 0.6 is 0 Å². The average Bonchev–Trinajstić information content (AvgIpc) is 2.52. The van der Waals surface area contributed by atoms with Gasteiger partial charge in [-0.25, -0.2) is 4.39 Å². The second kappa shape index (κ2) is 6.81. The highest BCUT2D eigenvalue weighted by atomic mass is 19.4. The van der Waals surface area contributed by atoms with E-state index in [0.717, 1.165) is 18.2 Å². The zero-order valence-corrected chi connectivity index (χ0v) is 13.5. The minimum Gasteiger partial charge on any atom is -0.496 e. The van der Waals surface area contributed by atoms with Crippen LogP contribution < -0.4 is 4.74 Å². The molecule has 0 atom stereocenters. The minimum atomic E-state index is -4.52. The zero-order valence-electron chi connectivity index (χ0n) is 13.5. The Morgan fingerprint density at radius 1 is 1.08 bits per heavy atom. The van der Waals surface area contributed by atoms with Crippen molar-refractivity contribution in [3.8, 4) is 16.9 Å². The summed E-state index contributed by atoms with van der Waals surface area (Å²) in [6.07, 6.45) is -4.52. The number of hydrogen-bond donors (Lipinski definition) is 1. The van der Waals surface area contributed by atoms with E-state index in [1.165, 1.54) is 19.2 Å². The molecule has 2 aromatic carbocycles. The molecule has 130 valence electrons. The molecule has 0 aliphatic rings. The molecule has 0 spiro atoms. The predicted molar refractivity (Wildman–Crippen MR) is 83.4 cm³/mol. The number of rotatable bonds is 4. The van der Waals surface area contributed by atoms with Crippen LogP contribution in [0, 0.1) is 5.82 Å². The van der Waals surface area contributed by atoms with E-state index in [9.17, 15) is 22.7 Å². The first-order chi connectivity index (χ1) is 11.2. The van der Waals surface area contributed by atoms with Crippen LogP contribution in [0.15, 0.2) is 30.3 Å². The van der Waals surface area contributed by atoms with E-state index in [4.69, 9.17) is 4.74 Å². The average molecular weight is 342 g/mol. The number of methoxy groups -OCH3 is 1. The Hall–Kier alpha value is -2.08. The maximum atomic E-state index is 14.1. The van der Waals surface area contributed by atoms with Gasteiger partial charge in [-0.3, -0.25) is 0 Å². The number of aliphatic hydroxyl groups excluding tert-OH is 1. The largest absolute Gasteiger partial charge is 0.496 e. The Bertz CT molecular complexity index is 737. The van der Waals surface area contributed by atoms with Crippen molar-refractivity contribution < 1.29 is 27.4 Å². The van der Waals surface area contributed by atoms with Crippen molar-refractivity contribution in [1.82, 2.24) is 0 Å². The number of alkyl halides is 3. The number of benzene rings is 2. The van der Waals surface area contributed by atoms with Crippen molar-refractivity contribution in [3.05, 3.63) is 52.8 Å². The first kappa shape index (κ1) is 18.3. The fourth-order valence-electron chi connectivity index (χ4n) is 2.53. The molecule has 0 radical (unpaired) electrons. The monoisotopic (exact) mass is 342 g/mol. The fraction of sp³-hybridized carbons (Fsp3) is 0.333. The molecule has 0 fully saturated rings. The first-order valence-corrected chi connectivity index (χ1v) is 7.37. The van der Waals surface area contributed by atoms with Crippen LogP contribution in [0.4, 0.5) is 17.6 Å². The van der Waals surface area contributed by atoms with E-state index in [0.29, 0.717) is 16.7 Å². The standard InChI is InChI=1S/C18H18F4O2/c1-10(2)13-7-15(17(24-3)8-16(13)19)14-6-12(18(20,21)22)5-4-11(14)9-23/h4-8,10,23H,9H2,1-3H3. The van der Waals surface area contributed by atoms with Crippen LogP contribution in [-0.2, 0) is 12.8 Å². The van der Waals surface area contributed by atoms with Gasteiger partial charge in [-0.2, -0.15) is 13.2 Å². The van der Waals surface area contributed by atoms with Gasteiger partial charge >= 0.3 is 6.18 Å². The molecule has 0 bridgehead atoms. The highest BCUT2D eigenvalue weighted by Crippen LogP contribution is 2.39. The Morgan fingerprint density at radius 2 is 1.75 bits per heavy atom. The molecule has 2 rings (SSSR count). The number of aliphatic hydroxyl groups is 1. The lowest BCUT2D eigenvalue weighted by molar-refractivity contribution is -0.137. The molecule has 1 N–H and O–H groups in total. The molecule has 2 aromatic rings. The van der Waals surface area contributed by atoms with Crippen molar-refractivity contribution in [1.29, 1.82) is 0 Å². The van der Waals surface area contributed by atoms with Crippen LogP contribution in [0.1, 0.15) is 36.5 Å². The van der Waals surface area contributed by atoms with E-state index in [2.05, 4.69) is 0 Å². The number of halogens is 4. The third kappa shape index (κ3) is 3.53. The molecule has 6 heteroatoms. The van der Waals surface area contributed by atoms with E-state index in [1.807, 2.05) is 0 Å². The zero-order chi connectivity index (χ0) is 18.1. The van der Waals surface area contributed by atoms with E-state index < -0.39 is 24.2 Å². The molecule has 0 unspecified atom stereocenters. The van der Waals surface area contributed by atoms with Crippen LogP contribution in [0.2, 0.25) is 0 Å². The van der Waals surface area contributed by atoms with Crippen molar-refractivity contribution in [2.45, 2.75) is 32.5 Å². The quantitative estimate of drug-likeness (QED) is 0.780. The van der Waals surface area contributed by atoms with Gasteiger partial charge in [0.2, 0.25) is 0 Å². The summed E-state index contributed by atoms with van der Waals surface area (Å²) in [6.45, 7) is 3.13. The van der Waals surface area contributed by atoms with E-state index in [1.54, 1.807) is 13.8 Å². The van der Waals surface area contributed by atoms with Crippen LogP contribution in [0.5, 0.6) is 5.75 Å². The number of ether oxygens (including phenoxy) is 1. The summed E-state index contributed by atoms with van der Waals surface area (Å²) in [5.74, 6) is -0.521. The highest BCUT2D eigenvalue weighted by molar-refractivity contribution is 5.75. The van der Waals surface area contributed by atoms with E-state index in [-0.39, 0.29) is 17.2 Å². The second-order valence-corrected chi connectivity index (χ2v) is 5.76. The van der Waals surface area contributed by atoms with Crippen LogP contribution in [0.3, 0.4) is 0 Å². The Labute approximate surface area is 137 Å².